The van der Waals surface area contributed by atoms with E-state index in [9.17, 15) is 4.79 Å². The Bertz CT molecular complexity index is 428. The van der Waals surface area contributed by atoms with Crippen LogP contribution in [0.2, 0.25) is 5.02 Å². The van der Waals surface area contributed by atoms with Crippen LogP contribution in [0.3, 0.4) is 0 Å². The quantitative estimate of drug-likeness (QED) is 0.786. The third-order valence-electron chi connectivity index (χ3n) is 3.28. The maximum absolute atomic E-state index is 12.3. The molecular formula is C14H18ClNO2. The number of rotatable bonds is 4. The molecule has 0 aliphatic carbocycles. The Hall–Kier alpha value is -1.06. The average Bonchev–Trinajstić information content (AvgIpc) is 2.40. The Morgan fingerprint density at radius 2 is 2.06 bits per heavy atom. The van der Waals surface area contributed by atoms with E-state index in [1.54, 1.807) is 25.3 Å². The van der Waals surface area contributed by atoms with Gasteiger partial charge < -0.3 is 4.74 Å². The summed E-state index contributed by atoms with van der Waals surface area (Å²) in [5.74, 6) is 0.678. The highest BCUT2D eigenvalue weighted by Crippen LogP contribution is 2.23. The van der Waals surface area contributed by atoms with Crippen LogP contribution in [0.1, 0.15) is 29.6 Å². The number of benzene rings is 1. The molecule has 98 valence electrons. The van der Waals surface area contributed by atoms with E-state index in [4.69, 9.17) is 16.3 Å². The Morgan fingerprint density at radius 1 is 1.33 bits per heavy atom. The lowest BCUT2D eigenvalue weighted by Crippen LogP contribution is -2.34. The van der Waals surface area contributed by atoms with Gasteiger partial charge in [0.15, 0.2) is 5.78 Å². The van der Waals surface area contributed by atoms with Crippen molar-refractivity contribution < 1.29 is 9.53 Å². The van der Waals surface area contributed by atoms with E-state index in [-0.39, 0.29) is 5.78 Å². The number of hydrogen-bond donors (Lipinski definition) is 0. The predicted octanol–water partition coefficient (Wildman–Crippen LogP) is 3.02. The van der Waals surface area contributed by atoms with Crippen LogP contribution in [0.4, 0.5) is 0 Å². The van der Waals surface area contributed by atoms with Gasteiger partial charge in [0.2, 0.25) is 0 Å². The number of carbonyl (C=O) groups is 1. The zero-order valence-corrected chi connectivity index (χ0v) is 11.4. The van der Waals surface area contributed by atoms with Crippen molar-refractivity contribution in [3.63, 3.8) is 0 Å². The van der Waals surface area contributed by atoms with Crippen molar-refractivity contribution in [1.29, 1.82) is 0 Å². The number of piperidine rings is 1. The van der Waals surface area contributed by atoms with Gasteiger partial charge in [-0.3, -0.25) is 9.69 Å². The molecule has 0 unspecified atom stereocenters. The summed E-state index contributed by atoms with van der Waals surface area (Å²) in [5, 5.41) is 0.567. The molecule has 2 rings (SSSR count). The van der Waals surface area contributed by atoms with Crippen molar-refractivity contribution in [2.75, 3.05) is 26.7 Å². The summed E-state index contributed by atoms with van der Waals surface area (Å²) in [6, 6.07) is 5.16. The molecule has 1 aliphatic heterocycles. The van der Waals surface area contributed by atoms with Crippen molar-refractivity contribution in [1.82, 2.24) is 4.90 Å². The molecule has 0 spiro atoms. The molecule has 0 amide bonds. The van der Waals surface area contributed by atoms with E-state index in [0.29, 0.717) is 22.9 Å². The molecule has 0 saturated carbocycles. The number of Topliss-reactive ketones (excluding diaryl/α,β-unsaturated/α-hetero) is 1. The number of nitrogens with zero attached hydrogens (tertiary/aromatic N) is 1. The normalized spacial score (nSPS) is 16.6. The summed E-state index contributed by atoms with van der Waals surface area (Å²) in [7, 11) is 1.57. The van der Waals surface area contributed by atoms with Crippen molar-refractivity contribution in [2.45, 2.75) is 19.3 Å². The molecule has 18 heavy (non-hydrogen) atoms. The van der Waals surface area contributed by atoms with Gasteiger partial charge in [0, 0.05) is 5.02 Å². The minimum atomic E-state index is 0.0799. The highest BCUT2D eigenvalue weighted by atomic mass is 35.5. The molecule has 0 N–H and O–H groups in total. The number of hydrogen-bond acceptors (Lipinski definition) is 3. The van der Waals surface area contributed by atoms with Crippen molar-refractivity contribution in [3.05, 3.63) is 28.8 Å². The van der Waals surface area contributed by atoms with E-state index in [2.05, 4.69) is 4.90 Å². The number of halogens is 1. The lowest BCUT2D eigenvalue weighted by Gasteiger charge is -2.25. The second-order valence-corrected chi connectivity index (χ2v) is 5.04. The maximum Gasteiger partial charge on any atom is 0.180 e. The van der Waals surface area contributed by atoms with E-state index in [1.165, 1.54) is 19.3 Å². The van der Waals surface area contributed by atoms with Gasteiger partial charge in [-0.15, -0.1) is 0 Å². The SMILES string of the molecule is COc1ccc(Cl)cc1C(=O)CN1CCCCC1. The van der Waals surface area contributed by atoms with Crippen molar-refractivity contribution in [3.8, 4) is 5.75 Å². The van der Waals surface area contributed by atoms with Gasteiger partial charge in [0.1, 0.15) is 5.75 Å². The van der Waals surface area contributed by atoms with Crippen LogP contribution < -0.4 is 4.74 Å². The second kappa shape index (κ2) is 6.21. The lowest BCUT2D eigenvalue weighted by molar-refractivity contribution is 0.0912. The summed E-state index contributed by atoms with van der Waals surface area (Å²) in [4.78, 5) is 14.5. The first-order valence-electron chi connectivity index (χ1n) is 6.30. The van der Waals surface area contributed by atoms with Crippen LogP contribution in [-0.2, 0) is 0 Å². The van der Waals surface area contributed by atoms with E-state index >= 15 is 0 Å². The van der Waals surface area contributed by atoms with Crippen LogP contribution in [0, 0.1) is 0 Å². The molecule has 0 atom stereocenters. The van der Waals surface area contributed by atoms with Gasteiger partial charge >= 0.3 is 0 Å². The molecule has 3 nitrogen and oxygen atoms in total. The molecule has 1 heterocycles. The summed E-state index contributed by atoms with van der Waals surface area (Å²) >= 11 is 5.94. The molecule has 1 fully saturated rings. The summed E-state index contributed by atoms with van der Waals surface area (Å²) in [6.45, 7) is 2.47. The lowest BCUT2D eigenvalue weighted by atomic mass is 10.1. The highest BCUT2D eigenvalue weighted by Gasteiger charge is 2.18. The first-order chi connectivity index (χ1) is 8.70. The Morgan fingerprint density at radius 3 is 2.72 bits per heavy atom. The van der Waals surface area contributed by atoms with Gasteiger partial charge in [0.05, 0.1) is 19.2 Å². The van der Waals surface area contributed by atoms with Crippen LogP contribution in [0.15, 0.2) is 18.2 Å². The first kappa shape index (κ1) is 13.4. The number of carbonyl (C=O) groups excluding carboxylic acids is 1. The molecule has 4 heteroatoms. The number of methoxy groups -OCH3 is 1. The van der Waals surface area contributed by atoms with Gasteiger partial charge in [-0.2, -0.15) is 0 Å². The smallest absolute Gasteiger partial charge is 0.180 e. The second-order valence-electron chi connectivity index (χ2n) is 4.60. The monoisotopic (exact) mass is 267 g/mol. The first-order valence-corrected chi connectivity index (χ1v) is 6.67. The molecule has 1 aliphatic rings. The predicted molar refractivity (Wildman–Crippen MR) is 72.6 cm³/mol. The molecule has 0 aromatic heterocycles. The van der Waals surface area contributed by atoms with E-state index in [0.717, 1.165) is 13.1 Å². The van der Waals surface area contributed by atoms with Gasteiger partial charge in [-0.1, -0.05) is 18.0 Å². The Balaban J connectivity index is 2.09. The average molecular weight is 268 g/mol. The summed E-state index contributed by atoms with van der Waals surface area (Å²) in [5.41, 5.74) is 0.579. The molecule has 1 aromatic carbocycles. The molecule has 0 bridgehead atoms. The van der Waals surface area contributed by atoms with Gasteiger partial charge in [-0.05, 0) is 44.1 Å². The topological polar surface area (TPSA) is 29.5 Å². The third-order valence-corrected chi connectivity index (χ3v) is 3.51. The summed E-state index contributed by atoms with van der Waals surface area (Å²) in [6.07, 6.45) is 3.63. The fourth-order valence-corrected chi connectivity index (χ4v) is 2.48. The third kappa shape index (κ3) is 3.24. The highest BCUT2D eigenvalue weighted by molar-refractivity contribution is 6.31. The zero-order valence-electron chi connectivity index (χ0n) is 10.6. The van der Waals surface area contributed by atoms with Gasteiger partial charge in [0.25, 0.3) is 0 Å². The minimum Gasteiger partial charge on any atom is -0.496 e. The fraction of sp³-hybridized carbons (Fsp3) is 0.500. The molecule has 0 radical (unpaired) electrons. The van der Waals surface area contributed by atoms with Crippen molar-refractivity contribution >= 4 is 17.4 Å². The standard InChI is InChI=1S/C14H18ClNO2/c1-18-14-6-5-11(15)9-12(14)13(17)10-16-7-3-2-4-8-16/h5-6,9H,2-4,7-8,10H2,1H3. The van der Waals surface area contributed by atoms with E-state index in [1.807, 2.05) is 0 Å². The largest absolute Gasteiger partial charge is 0.496 e. The zero-order chi connectivity index (χ0) is 13.0. The number of likely N-dealkylation sites (tertiary alicyclic amines) is 1. The van der Waals surface area contributed by atoms with Crippen LogP contribution >= 0.6 is 11.6 Å². The number of ketones is 1. The van der Waals surface area contributed by atoms with Crippen molar-refractivity contribution in [2.24, 2.45) is 0 Å². The maximum atomic E-state index is 12.3. The minimum absolute atomic E-state index is 0.0799. The summed E-state index contributed by atoms with van der Waals surface area (Å²) < 4.78 is 5.21. The molecule has 1 saturated heterocycles. The molecule has 1 aromatic rings. The van der Waals surface area contributed by atoms with Crippen LogP contribution in [0.25, 0.3) is 0 Å². The van der Waals surface area contributed by atoms with Crippen LogP contribution in [0.5, 0.6) is 5.75 Å². The molecular weight excluding hydrogens is 250 g/mol. The Labute approximate surface area is 113 Å². The van der Waals surface area contributed by atoms with Crippen LogP contribution in [-0.4, -0.2) is 37.4 Å². The van der Waals surface area contributed by atoms with E-state index < -0.39 is 0 Å². The Kier molecular flexibility index (Phi) is 4.61. The van der Waals surface area contributed by atoms with Gasteiger partial charge in [-0.25, -0.2) is 0 Å². The fourth-order valence-electron chi connectivity index (χ4n) is 2.30. The number of ether oxygens (including phenoxy) is 1.